The van der Waals surface area contributed by atoms with Gasteiger partial charge in [-0.05, 0) is 38.1 Å². The van der Waals surface area contributed by atoms with Crippen LogP contribution in [0.2, 0.25) is 0 Å². The van der Waals surface area contributed by atoms with E-state index in [9.17, 15) is 9.90 Å². The number of hydrogen-bond donors (Lipinski definition) is 2. The van der Waals surface area contributed by atoms with Crippen molar-refractivity contribution < 1.29 is 9.90 Å². The van der Waals surface area contributed by atoms with Crippen molar-refractivity contribution in [3.8, 4) is 0 Å². The Morgan fingerprint density at radius 2 is 2.28 bits per heavy atom. The molecule has 1 saturated heterocycles. The summed E-state index contributed by atoms with van der Waals surface area (Å²) in [4.78, 5) is 14.1. The van der Waals surface area contributed by atoms with Crippen molar-refractivity contribution in [2.75, 3.05) is 26.7 Å². The van der Waals surface area contributed by atoms with Gasteiger partial charge in [-0.2, -0.15) is 0 Å². The molecule has 0 aliphatic carbocycles. The third kappa shape index (κ3) is 2.89. The van der Waals surface area contributed by atoms with Gasteiger partial charge in [-0.1, -0.05) is 18.2 Å². The molecule has 4 heteroatoms. The average Bonchev–Trinajstić information content (AvgIpc) is 2.82. The summed E-state index contributed by atoms with van der Waals surface area (Å²) in [5.74, 6) is 0.0400. The van der Waals surface area contributed by atoms with Crippen LogP contribution < -0.4 is 5.32 Å². The number of β-amino-alcohol motifs (C(OH)–C–C–N with tert-alkyl or cyclic N) is 1. The zero-order chi connectivity index (χ0) is 13.0. The van der Waals surface area contributed by atoms with Crippen LogP contribution >= 0.6 is 0 Å². The lowest BCUT2D eigenvalue weighted by Gasteiger charge is -2.17. The molecule has 98 valence electrons. The second-order valence-electron chi connectivity index (χ2n) is 4.70. The Labute approximate surface area is 108 Å². The van der Waals surface area contributed by atoms with E-state index >= 15 is 0 Å². The van der Waals surface area contributed by atoms with E-state index in [4.69, 9.17) is 0 Å². The Hall–Kier alpha value is -1.39. The summed E-state index contributed by atoms with van der Waals surface area (Å²) in [6.45, 7) is 1.96. The number of likely N-dealkylation sites (tertiary alicyclic amines) is 1. The number of aliphatic hydroxyl groups is 1. The number of nitrogens with zero attached hydrogens (tertiary/aromatic N) is 1. The third-order valence-corrected chi connectivity index (χ3v) is 3.34. The normalized spacial score (nSPS) is 19.2. The van der Waals surface area contributed by atoms with E-state index in [1.54, 1.807) is 4.90 Å². The lowest BCUT2D eigenvalue weighted by Crippen LogP contribution is -2.30. The van der Waals surface area contributed by atoms with Crippen molar-refractivity contribution >= 4 is 5.91 Å². The van der Waals surface area contributed by atoms with E-state index in [1.807, 2.05) is 31.3 Å². The molecule has 0 aromatic heterocycles. The highest BCUT2D eigenvalue weighted by atomic mass is 16.3. The van der Waals surface area contributed by atoms with Crippen molar-refractivity contribution in [2.24, 2.45) is 0 Å². The molecule has 2 N–H and O–H groups in total. The first-order valence-corrected chi connectivity index (χ1v) is 6.42. The summed E-state index contributed by atoms with van der Waals surface area (Å²) < 4.78 is 0. The zero-order valence-corrected chi connectivity index (χ0v) is 10.7. The molecule has 1 heterocycles. The van der Waals surface area contributed by atoms with Crippen molar-refractivity contribution in [3.63, 3.8) is 0 Å². The number of aliphatic hydroxyl groups excluding tert-OH is 1. The summed E-state index contributed by atoms with van der Waals surface area (Å²) in [5.41, 5.74) is 1.83. The standard InChI is InChI=1S/C14H20N2O2/c1-15-8-6-11-4-2-3-5-13(11)14(18)16-9-7-12(17)10-16/h2-5,12,15,17H,6-10H2,1H3/t12-/m0/s1. The number of likely N-dealkylation sites (N-methyl/N-ethyl adjacent to an activating group) is 1. The van der Waals surface area contributed by atoms with Crippen LogP contribution in [0.3, 0.4) is 0 Å². The van der Waals surface area contributed by atoms with Gasteiger partial charge in [0.2, 0.25) is 0 Å². The second-order valence-corrected chi connectivity index (χ2v) is 4.70. The lowest BCUT2D eigenvalue weighted by molar-refractivity contribution is 0.0764. The van der Waals surface area contributed by atoms with Crippen molar-refractivity contribution in [1.82, 2.24) is 10.2 Å². The fourth-order valence-corrected chi connectivity index (χ4v) is 2.30. The zero-order valence-electron chi connectivity index (χ0n) is 10.7. The van der Waals surface area contributed by atoms with E-state index < -0.39 is 0 Å². The summed E-state index contributed by atoms with van der Waals surface area (Å²) in [6, 6.07) is 7.72. The number of amides is 1. The van der Waals surface area contributed by atoms with E-state index in [1.165, 1.54) is 0 Å². The van der Waals surface area contributed by atoms with Crippen LogP contribution in [-0.4, -0.2) is 48.7 Å². The van der Waals surface area contributed by atoms with Gasteiger partial charge in [0.05, 0.1) is 6.10 Å². The van der Waals surface area contributed by atoms with Crippen molar-refractivity contribution in [3.05, 3.63) is 35.4 Å². The largest absolute Gasteiger partial charge is 0.391 e. The quantitative estimate of drug-likeness (QED) is 0.823. The molecule has 0 unspecified atom stereocenters. The first-order chi connectivity index (χ1) is 8.72. The minimum Gasteiger partial charge on any atom is -0.391 e. The topological polar surface area (TPSA) is 52.6 Å². The van der Waals surface area contributed by atoms with Gasteiger partial charge in [0.1, 0.15) is 0 Å². The van der Waals surface area contributed by atoms with Crippen LogP contribution in [0.25, 0.3) is 0 Å². The molecule has 1 aromatic carbocycles. The summed E-state index contributed by atoms with van der Waals surface area (Å²) in [6.07, 6.45) is 1.16. The van der Waals surface area contributed by atoms with E-state index in [0.717, 1.165) is 24.1 Å². The molecule has 0 bridgehead atoms. The number of rotatable bonds is 4. The van der Waals surface area contributed by atoms with Crippen LogP contribution in [-0.2, 0) is 6.42 Å². The van der Waals surface area contributed by atoms with Crippen LogP contribution in [0.4, 0.5) is 0 Å². The molecule has 4 nitrogen and oxygen atoms in total. The predicted molar refractivity (Wildman–Crippen MR) is 70.6 cm³/mol. The highest BCUT2D eigenvalue weighted by molar-refractivity contribution is 5.95. The minimum atomic E-state index is -0.363. The SMILES string of the molecule is CNCCc1ccccc1C(=O)N1CC[C@H](O)C1. The van der Waals surface area contributed by atoms with Gasteiger partial charge in [-0.25, -0.2) is 0 Å². The molecule has 0 spiro atoms. The fraction of sp³-hybridized carbons (Fsp3) is 0.500. The molecule has 1 aromatic rings. The van der Waals surface area contributed by atoms with Gasteiger partial charge >= 0.3 is 0 Å². The Balaban J connectivity index is 2.14. The molecule has 1 amide bonds. The maximum Gasteiger partial charge on any atom is 0.254 e. The van der Waals surface area contributed by atoms with Gasteiger partial charge in [-0.3, -0.25) is 4.79 Å². The van der Waals surface area contributed by atoms with E-state index in [-0.39, 0.29) is 12.0 Å². The highest BCUT2D eigenvalue weighted by Crippen LogP contribution is 2.17. The Kier molecular flexibility index (Phi) is 4.33. The van der Waals surface area contributed by atoms with E-state index in [2.05, 4.69) is 5.32 Å². The van der Waals surface area contributed by atoms with Crippen molar-refractivity contribution in [1.29, 1.82) is 0 Å². The molecular formula is C14H20N2O2. The first kappa shape index (κ1) is 13.1. The van der Waals surface area contributed by atoms with Crippen LogP contribution in [0.15, 0.2) is 24.3 Å². The van der Waals surface area contributed by atoms with Gasteiger partial charge < -0.3 is 15.3 Å². The van der Waals surface area contributed by atoms with Gasteiger partial charge in [0.25, 0.3) is 5.91 Å². The number of hydrogen-bond acceptors (Lipinski definition) is 3. The molecule has 1 aliphatic heterocycles. The predicted octanol–water partition coefficient (Wildman–Crippen LogP) is 0.655. The summed E-state index contributed by atoms with van der Waals surface area (Å²) >= 11 is 0. The van der Waals surface area contributed by atoms with Crippen LogP contribution in [0, 0.1) is 0 Å². The molecule has 0 radical (unpaired) electrons. The van der Waals surface area contributed by atoms with Crippen LogP contribution in [0.5, 0.6) is 0 Å². The van der Waals surface area contributed by atoms with Gasteiger partial charge in [0, 0.05) is 18.7 Å². The molecular weight excluding hydrogens is 228 g/mol. The number of carbonyl (C=O) groups is 1. The lowest BCUT2D eigenvalue weighted by atomic mass is 10.0. The molecule has 2 rings (SSSR count). The molecule has 1 fully saturated rings. The van der Waals surface area contributed by atoms with Gasteiger partial charge in [0.15, 0.2) is 0 Å². The molecule has 0 saturated carbocycles. The number of benzene rings is 1. The second kappa shape index (κ2) is 5.98. The smallest absolute Gasteiger partial charge is 0.254 e. The number of nitrogens with one attached hydrogen (secondary N) is 1. The van der Waals surface area contributed by atoms with Crippen LogP contribution in [0.1, 0.15) is 22.3 Å². The minimum absolute atomic E-state index is 0.0400. The Morgan fingerprint density at radius 1 is 1.50 bits per heavy atom. The van der Waals surface area contributed by atoms with Gasteiger partial charge in [-0.15, -0.1) is 0 Å². The molecule has 1 atom stereocenters. The Bertz CT molecular complexity index is 420. The Morgan fingerprint density at radius 3 is 2.94 bits per heavy atom. The molecule has 1 aliphatic rings. The maximum atomic E-state index is 12.4. The summed E-state index contributed by atoms with van der Waals surface area (Å²) in [5, 5.41) is 12.6. The highest BCUT2D eigenvalue weighted by Gasteiger charge is 2.26. The van der Waals surface area contributed by atoms with Crippen molar-refractivity contribution in [2.45, 2.75) is 18.9 Å². The fourth-order valence-electron chi connectivity index (χ4n) is 2.30. The maximum absolute atomic E-state index is 12.4. The van der Waals surface area contributed by atoms with E-state index in [0.29, 0.717) is 19.5 Å². The number of carbonyl (C=O) groups excluding carboxylic acids is 1. The third-order valence-electron chi connectivity index (χ3n) is 3.34. The summed E-state index contributed by atoms with van der Waals surface area (Å²) in [7, 11) is 1.90. The molecule has 18 heavy (non-hydrogen) atoms. The monoisotopic (exact) mass is 248 g/mol. The average molecular weight is 248 g/mol. The first-order valence-electron chi connectivity index (χ1n) is 6.42.